The predicted molar refractivity (Wildman–Crippen MR) is 66.9 cm³/mol. The Morgan fingerprint density at radius 3 is 2.82 bits per heavy atom. The third-order valence-corrected chi connectivity index (χ3v) is 2.91. The fraction of sp³-hybridized carbons (Fsp3) is 0.500. The summed E-state index contributed by atoms with van der Waals surface area (Å²) in [4.78, 5) is 36.9. The van der Waals surface area contributed by atoms with Crippen molar-refractivity contribution in [1.82, 2.24) is 14.9 Å². The van der Waals surface area contributed by atoms with Crippen molar-refractivity contribution in [3.63, 3.8) is 0 Å². The van der Waals surface area contributed by atoms with Crippen LogP contribution in [-0.4, -0.2) is 21.5 Å². The molecule has 1 heterocycles. The van der Waals surface area contributed by atoms with Crippen molar-refractivity contribution in [2.75, 3.05) is 0 Å². The lowest BCUT2D eigenvalue weighted by Crippen LogP contribution is -2.42. The van der Waals surface area contributed by atoms with Crippen LogP contribution in [0.5, 0.6) is 0 Å². The van der Waals surface area contributed by atoms with E-state index in [1.165, 1.54) is 6.20 Å². The van der Waals surface area contributed by atoms with Gasteiger partial charge in [-0.15, -0.1) is 0 Å². The van der Waals surface area contributed by atoms with Crippen LogP contribution in [0.25, 0.3) is 0 Å². The summed E-state index contributed by atoms with van der Waals surface area (Å²) >= 11 is 3.00. The van der Waals surface area contributed by atoms with Crippen molar-refractivity contribution in [3.8, 4) is 0 Å². The number of nitrogens with one attached hydrogen (secondary N) is 2. The highest BCUT2D eigenvalue weighted by molar-refractivity contribution is 9.10. The quantitative estimate of drug-likeness (QED) is 0.834. The number of rotatable bonds is 4. The van der Waals surface area contributed by atoms with Gasteiger partial charge in [-0.25, -0.2) is 9.36 Å². The van der Waals surface area contributed by atoms with Gasteiger partial charge in [0.15, 0.2) is 0 Å². The van der Waals surface area contributed by atoms with Crippen LogP contribution in [0.15, 0.2) is 20.3 Å². The third-order valence-electron chi connectivity index (χ3n) is 2.34. The summed E-state index contributed by atoms with van der Waals surface area (Å²) in [5.74, 6) is -0.356. The highest BCUT2D eigenvalue weighted by Crippen LogP contribution is 1.96. The summed E-state index contributed by atoms with van der Waals surface area (Å²) in [6.07, 6.45) is 2.04. The maximum atomic E-state index is 11.6. The molecule has 0 saturated heterocycles. The predicted octanol–water partition coefficient (Wildman–Crippen LogP) is 0.214. The number of aromatic amines is 1. The minimum Gasteiger partial charge on any atom is -0.352 e. The number of H-pyrrole nitrogens is 1. The van der Waals surface area contributed by atoms with Gasteiger partial charge in [-0.3, -0.25) is 9.59 Å². The summed E-state index contributed by atoms with van der Waals surface area (Å²) < 4.78 is 1.07. The number of aromatic nitrogens is 2. The zero-order valence-electron chi connectivity index (χ0n) is 9.62. The smallest absolute Gasteiger partial charge is 0.328 e. The number of hydrogen-bond donors (Lipinski definition) is 2. The second-order valence-corrected chi connectivity index (χ2v) is 4.56. The lowest BCUT2D eigenvalue weighted by molar-refractivity contribution is -0.122. The summed E-state index contributed by atoms with van der Waals surface area (Å²) in [5.41, 5.74) is -1.12. The Bertz CT molecular complexity index is 520. The number of halogens is 1. The Hall–Kier alpha value is -1.37. The summed E-state index contributed by atoms with van der Waals surface area (Å²) in [6.45, 7) is 3.51. The Balaban J connectivity index is 2.89. The van der Waals surface area contributed by atoms with E-state index >= 15 is 0 Å². The molecule has 94 valence electrons. The fourth-order valence-corrected chi connectivity index (χ4v) is 1.52. The molecule has 1 aromatic rings. The number of nitrogens with zero attached hydrogens (tertiary/aromatic N) is 1. The molecule has 0 aliphatic carbocycles. The van der Waals surface area contributed by atoms with Gasteiger partial charge in [0, 0.05) is 12.2 Å². The molecule has 0 fully saturated rings. The van der Waals surface area contributed by atoms with E-state index < -0.39 is 11.2 Å². The van der Waals surface area contributed by atoms with Gasteiger partial charge in [-0.2, -0.15) is 0 Å². The maximum Gasteiger partial charge on any atom is 0.328 e. The van der Waals surface area contributed by atoms with Crippen LogP contribution in [0.2, 0.25) is 0 Å². The van der Waals surface area contributed by atoms with E-state index in [0.717, 1.165) is 11.0 Å². The second-order valence-electron chi connectivity index (χ2n) is 3.71. The van der Waals surface area contributed by atoms with E-state index in [-0.39, 0.29) is 23.0 Å². The van der Waals surface area contributed by atoms with Crippen LogP contribution in [0, 0.1) is 0 Å². The summed E-state index contributed by atoms with van der Waals surface area (Å²) in [5, 5.41) is 2.69. The van der Waals surface area contributed by atoms with Gasteiger partial charge in [0.05, 0.1) is 4.47 Å². The number of carbonyl (C=O) groups excluding carboxylic acids is 1. The van der Waals surface area contributed by atoms with Crippen LogP contribution < -0.4 is 16.6 Å². The SMILES string of the molecule is CCC(C)NC(=O)Cn1c(=O)[nH]cc(Br)c1=O. The van der Waals surface area contributed by atoms with E-state index in [1.807, 2.05) is 13.8 Å². The molecule has 0 bridgehead atoms. The van der Waals surface area contributed by atoms with Crippen molar-refractivity contribution in [1.29, 1.82) is 0 Å². The van der Waals surface area contributed by atoms with E-state index in [1.54, 1.807) is 0 Å². The van der Waals surface area contributed by atoms with Gasteiger partial charge in [-0.1, -0.05) is 6.92 Å². The maximum absolute atomic E-state index is 11.6. The Morgan fingerprint density at radius 2 is 2.24 bits per heavy atom. The normalized spacial score (nSPS) is 12.2. The van der Waals surface area contributed by atoms with Crippen LogP contribution in [0.1, 0.15) is 20.3 Å². The highest BCUT2D eigenvalue weighted by Gasteiger charge is 2.11. The summed E-state index contributed by atoms with van der Waals surface area (Å²) in [6, 6.07) is 0.0180. The van der Waals surface area contributed by atoms with Crippen molar-refractivity contribution in [2.45, 2.75) is 32.9 Å². The van der Waals surface area contributed by atoms with Crippen LogP contribution in [0.3, 0.4) is 0 Å². The minimum absolute atomic E-state index is 0.0180. The van der Waals surface area contributed by atoms with Crippen LogP contribution >= 0.6 is 15.9 Å². The first-order chi connectivity index (χ1) is 7.95. The number of hydrogen-bond acceptors (Lipinski definition) is 3. The standard InChI is InChI=1S/C10H14BrN3O3/c1-3-6(2)13-8(15)5-14-9(16)7(11)4-12-10(14)17/h4,6H,3,5H2,1-2H3,(H,12,17)(H,13,15). The van der Waals surface area contributed by atoms with E-state index in [2.05, 4.69) is 26.2 Å². The zero-order valence-corrected chi connectivity index (χ0v) is 11.2. The largest absolute Gasteiger partial charge is 0.352 e. The van der Waals surface area contributed by atoms with E-state index in [0.29, 0.717) is 0 Å². The van der Waals surface area contributed by atoms with Crippen molar-refractivity contribution in [3.05, 3.63) is 31.5 Å². The Labute approximate surface area is 106 Å². The van der Waals surface area contributed by atoms with Gasteiger partial charge in [0.2, 0.25) is 5.91 Å². The topological polar surface area (TPSA) is 84.0 Å². The lowest BCUT2D eigenvalue weighted by Gasteiger charge is -2.11. The molecule has 0 aromatic carbocycles. The van der Waals surface area contributed by atoms with Gasteiger partial charge in [-0.05, 0) is 29.3 Å². The Morgan fingerprint density at radius 1 is 1.59 bits per heavy atom. The van der Waals surface area contributed by atoms with Gasteiger partial charge < -0.3 is 10.3 Å². The molecule has 17 heavy (non-hydrogen) atoms. The average molecular weight is 304 g/mol. The molecule has 1 amide bonds. The van der Waals surface area contributed by atoms with Crippen molar-refractivity contribution >= 4 is 21.8 Å². The highest BCUT2D eigenvalue weighted by atomic mass is 79.9. The number of carbonyl (C=O) groups is 1. The second kappa shape index (κ2) is 5.81. The van der Waals surface area contributed by atoms with Gasteiger partial charge >= 0.3 is 5.69 Å². The van der Waals surface area contributed by atoms with E-state index in [9.17, 15) is 14.4 Å². The first kappa shape index (κ1) is 13.7. The van der Waals surface area contributed by atoms with Gasteiger partial charge in [0.1, 0.15) is 6.54 Å². The monoisotopic (exact) mass is 303 g/mol. The summed E-state index contributed by atoms with van der Waals surface area (Å²) in [7, 11) is 0. The molecule has 1 aromatic heterocycles. The molecule has 0 spiro atoms. The molecular formula is C10H14BrN3O3. The van der Waals surface area contributed by atoms with Crippen LogP contribution in [0.4, 0.5) is 0 Å². The lowest BCUT2D eigenvalue weighted by atomic mass is 10.2. The molecule has 6 nitrogen and oxygen atoms in total. The Kier molecular flexibility index (Phi) is 4.68. The molecule has 0 radical (unpaired) electrons. The van der Waals surface area contributed by atoms with Crippen molar-refractivity contribution in [2.24, 2.45) is 0 Å². The molecule has 7 heteroatoms. The minimum atomic E-state index is -0.600. The number of amides is 1. The molecule has 0 saturated carbocycles. The molecular weight excluding hydrogens is 290 g/mol. The molecule has 1 rings (SSSR count). The zero-order chi connectivity index (χ0) is 13.0. The van der Waals surface area contributed by atoms with E-state index in [4.69, 9.17) is 0 Å². The first-order valence-electron chi connectivity index (χ1n) is 5.23. The van der Waals surface area contributed by atoms with Crippen LogP contribution in [-0.2, 0) is 11.3 Å². The third kappa shape index (κ3) is 3.55. The first-order valence-corrected chi connectivity index (χ1v) is 6.02. The van der Waals surface area contributed by atoms with Crippen molar-refractivity contribution < 1.29 is 4.79 Å². The fourth-order valence-electron chi connectivity index (χ4n) is 1.20. The molecule has 0 aliphatic heterocycles. The molecule has 2 N–H and O–H groups in total. The van der Waals surface area contributed by atoms with Gasteiger partial charge in [0.25, 0.3) is 5.56 Å². The average Bonchev–Trinajstić information content (AvgIpc) is 2.29. The molecule has 0 aliphatic rings. The molecule has 1 atom stereocenters. The molecule has 1 unspecified atom stereocenters.